The van der Waals surface area contributed by atoms with Crippen molar-refractivity contribution >= 4 is 11.8 Å². The minimum Gasteiger partial charge on any atom is -0.330 e. The van der Waals surface area contributed by atoms with Crippen molar-refractivity contribution in [1.82, 2.24) is 0 Å². The normalized spacial score (nSPS) is 19.7. The fraction of sp³-hybridized carbons (Fsp3) is 0.500. The first-order chi connectivity index (χ1) is 6.83. The highest BCUT2D eigenvalue weighted by molar-refractivity contribution is 7.99. The van der Waals surface area contributed by atoms with Crippen molar-refractivity contribution in [3.8, 4) is 0 Å². The summed E-state index contributed by atoms with van der Waals surface area (Å²) in [5.74, 6) is 2.00. The summed E-state index contributed by atoms with van der Waals surface area (Å²) in [6.45, 7) is 3.04. The van der Waals surface area contributed by atoms with Gasteiger partial charge < -0.3 is 5.73 Å². The number of thioether (sulfide) groups is 1. The van der Waals surface area contributed by atoms with E-state index in [4.69, 9.17) is 5.73 Å². The average Bonchev–Trinajstić information content (AvgIpc) is 2.59. The van der Waals surface area contributed by atoms with Crippen LogP contribution in [0.5, 0.6) is 0 Å². The number of fused-ring (bicyclic) bond motifs is 1. The molecule has 0 amide bonds. The van der Waals surface area contributed by atoms with Crippen LogP contribution < -0.4 is 5.73 Å². The van der Waals surface area contributed by atoms with Gasteiger partial charge in [-0.3, -0.25) is 0 Å². The van der Waals surface area contributed by atoms with Crippen molar-refractivity contribution in [3.63, 3.8) is 0 Å². The summed E-state index contributed by atoms with van der Waals surface area (Å²) in [7, 11) is 0. The van der Waals surface area contributed by atoms with Crippen LogP contribution in [0.25, 0.3) is 0 Å². The molecule has 2 N–H and O–H groups in total. The first-order valence-corrected chi connectivity index (χ1v) is 6.24. The Morgan fingerprint density at radius 2 is 2.36 bits per heavy atom. The number of hydrogen-bond acceptors (Lipinski definition) is 2. The fourth-order valence-corrected chi connectivity index (χ4v) is 3.54. The van der Waals surface area contributed by atoms with Crippen molar-refractivity contribution in [2.24, 2.45) is 5.73 Å². The second-order valence-electron chi connectivity index (χ2n) is 3.93. The first kappa shape index (κ1) is 10.1. The molecule has 0 bridgehead atoms. The Labute approximate surface area is 90.1 Å². The molecule has 1 heterocycles. The van der Waals surface area contributed by atoms with Crippen LogP contribution in [0.1, 0.15) is 29.9 Å². The second kappa shape index (κ2) is 4.37. The van der Waals surface area contributed by atoms with Gasteiger partial charge in [-0.15, -0.1) is 11.8 Å². The Kier molecular flexibility index (Phi) is 3.14. The summed E-state index contributed by atoms with van der Waals surface area (Å²) in [6, 6.07) is 6.63. The van der Waals surface area contributed by atoms with Gasteiger partial charge in [0.2, 0.25) is 0 Å². The van der Waals surface area contributed by atoms with Gasteiger partial charge in [-0.05, 0) is 49.4 Å². The first-order valence-electron chi connectivity index (χ1n) is 5.25. The van der Waals surface area contributed by atoms with Crippen molar-refractivity contribution < 1.29 is 0 Å². The molecular formula is C12H17NS. The summed E-state index contributed by atoms with van der Waals surface area (Å²) < 4.78 is 0. The molecule has 0 aromatic heterocycles. The molecule has 1 nitrogen and oxygen atoms in total. The lowest BCUT2D eigenvalue weighted by Gasteiger charge is -2.12. The van der Waals surface area contributed by atoms with Crippen LogP contribution >= 0.6 is 11.8 Å². The highest BCUT2D eigenvalue weighted by Crippen LogP contribution is 2.43. The maximum Gasteiger partial charge on any atom is 0.0110 e. The summed E-state index contributed by atoms with van der Waals surface area (Å²) >= 11 is 2.00. The number of aryl methyl sites for hydroxylation is 1. The molecule has 1 aromatic carbocycles. The Hall–Kier alpha value is -0.470. The minimum absolute atomic E-state index is 0.750. The average molecular weight is 207 g/mol. The van der Waals surface area contributed by atoms with E-state index < -0.39 is 0 Å². The third kappa shape index (κ3) is 1.82. The van der Waals surface area contributed by atoms with Crippen molar-refractivity contribution in [2.45, 2.75) is 30.6 Å². The molecule has 76 valence electrons. The highest BCUT2D eigenvalue weighted by atomic mass is 32.2. The molecule has 0 spiro atoms. The van der Waals surface area contributed by atoms with Gasteiger partial charge in [0.15, 0.2) is 0 Å². The van der Waals surface area contributed by atoms with E-state index >= 15 is 0 Å². The van der Waals surface area contributed by atoms with Gasteiger partial charge >= 0.3 is 0 Å². The van der Waals surface area contributed by atoms with Crippen molar-refractivity contribution in [2.75, 3.05) is 12.3 Å². The van der Waals surface area contributed by atoms with E-state index in [1.165, 1.54) is 22.6 Å². The number of benzene rings is 1. The molecule has 2 heteroatoms. The second-order valence-corrected chi connectivity index (χ2v) is 4.99. The van der Waals surface area contributed by atoms with E-state index in [1.54, 1.807) is 5.56 Å². The summed E-state index contributed by atoms with van der Waals surface area (Å²) in [6.07, 6.45) is 2.40. The van der Waals surface area contributed by atoms with E-state index in [-0.39, 0.29) is 0 Å². The van der Waals surface area contributed by atoms with Gasteiger partial charge in [0, 0.05) is 10.6 Å². The third-order valence-corrected chi connectivity index (χ3v) is 4.13. The molecule has 1 atom stereocenters. The van der Waals surface area contributed by atoms with Gasteiger partial charge in [-0.1, -0.05) is 12.1 Å². The Bertz CT molecular complexity index is 322. The number of nitrogens with two attached hydrogens (primary N) is 1. The van der Waals surface area contributed by atoms with Gasteiger partial charge in [0.25, 0.3) is 0 Å². The fourth-order valence-electron chi connectivity index (χ4n) is 2.17. The van der Waals surface area contributed by atoms with Crippen LogP contribution in [0.4, 0.5) is 0 Å². The van der Waals surface area contributed by atoms with E-state index in [1.807, 2.05) is 11.8 Å². The van der Waals surface area contributed by atoms with Crippen LogP contribution in [0.15, 0.2) is 23.1 Å². The van der Waals surface area contributed by atoms with Gasteiger partial charge in [-0.25, -0.2) is 0 Å². The molecule has 14 heavy (non-hydrogen) atoms. The summed E-state index contributed by atoms with van der Waals surface area (Å²) in [4.78, 5) is 1.49. The zero-order chi connectivity index (χ0) is 9.97. The molecule has 1 aliphatic heterocycles. The van der Waals surface area contributed by atoms with E-state index in [2.05, 4.69) is 25.1 Å². The molecule has 0 aliphatic carbocycles. The summed E-state index contributed by atoms with van der Waals surface area (Å²) in [5.41, 5.74) is 8.60. The molecule has 0 saturated heterocycles. The smallest absolute Gasteiger partial charge is 0.0110 e. The monoisotopic (exact) mass is 207 g/mol. The zero-order valence-corrected chi connectivity index (χ0v) is 9.44. The molecule has 0 saturated carbocycles. The quantitative estimate of drug-likeness (QED) is 0.824. The molecule has 0 fully saturated rings. The predicted molar refractivity (Wildman–Crippen MR) is 62.9 cm³/mol. The van der Waals surface area contributed by atoms with E-state index in [0.717, 1.165) is 18.9 Å². The molecular weight excluding hydrogens is 190 g/mol. The number of rotatable bonds is 3. The Balaban J connectivity index is 2.20. The van der Waals surface area contributed by atoms with Crippen LogP contribution in [0.3, 0.4) is 0 Å². The van der Waals surface area contributed by atoms with Gasteiger partial charge in [0.1, 0.15) is 0 Å². The Morgan fingerprint density at radius 1 is 1.50 bits per heavy atom. The predicted octanol–water partition coefficient (Wildman–Crippen LogP) is 2.92. The lowest BCUT2D eigenvalue weighted by atomic mass is 9.93. The molecule has 1 aliphatic rings. The van der Waals surface area contributed by atoms with Crippen LogP contribution in [-0.4, -0.2) is 12.3 Å². The lowest BCUT2D eigenvalue weighted by Crippen LogP contribution is -2.04. The van der Waals surface area contributed by atoms with Crippen molar-refractivity contribution in [3.05, 3.63) is 29.3 Å². The standard InChI is InChI=1S/C12H17NS/c1-9-4-2-6-11-12(9)10(8-14-11)5-3-7-13/h2,4,6,10H,3,5,7-8,13H2,1H3. The maximum absolute atomic E-state index is 5.56. The van der Waals surface area contributed by atoms with E-state index in [0.29, 0.717) is 0 Å². The largest absolute Gasteiger partial charge is 0.330 e. The van der Waals surface area contributed by atoms with Crippen LogP contribution in [0.2, 0.25) is 0 Å². The van der Waals surface area contributed by atoms with Gasteiger partial charge in [-0.2, -0.15) is 0 Å². The summed E-state index contributed by atoms with van der Waals surface area (Å²) in [5, 5.41) is 0. The lowest BCUT2D eigenvalue weighted by molar-refractivity contribution is 0.646. The van der Waals surface area contributed by atoms with E-state index in [9.17, 15) is 0 Å². The van der Waals surface area contributed by atoms with Crippen LogP contribution in [-0.2, 0) is 0 Å². The Morgan fingerprint density at radius 3 is 3.14 bits per heavy atom. The molecule has 2 rings (SSSR count). The molecule has 1 unspecified atom stereocenters. The minimum atomic E-state index is 0.750. The maximum atomic E-state index is 5.56. The number of hydrogen-bond donors (Lipinski definition) is 1. The third-order valence-electron chi connectivity index (χ3n) is 2.89. The van der Waals surface area contributed by atoms with Gasteiger partial charge in [0.05, 0.1) is 0 Å². The zero-order valence-electron chi connectivity index (χ0n) is 8.62. The van der Waals surface area contributed by atoms with Crippen molar-refractivity contribution in [1.29, 1.82) is 0 Å². The topological polar surface area (TPSA) is 26.0 Å². The SMILES string of the molecule is Cc1cccc2c1C(CCCN)CS2. The highest BCUT2D eigenvalue weighted by Gasteiger charge is 2.23. The molecule has 0 radical (unpaired) electrons. The molecule has 1 aromatic rings. The van der Waals surface area contributed by atoms with Crippen LogP contribution in [0, 0.1) is 6.92 Å².